The van der Waals surface area contributed by atoms with Crippen LogP contribution in [0.4, 0.5) is 0 Å². The van der Waals surface area contributed by atoms with Gasteiger partial charge in [0.2, 0.25) is 0 Å². The Balaban J connectivity index is 2.31. The molecule has 1 aliphatic heterocycles. The molecule has 0 radical (unpaired) electrons. The predicted molar refractivity (Wildman–Crippen MR) is 51.5 cm³/mol. The molecule has 0 atom stereocenters. The summed E-state index contributed by atoms with van der Waals surface area (Å²) in [6.07, 6.45) is 1.73. The van der Waals surface area contributed by atoms with Gasteiger partial charge >= 0.3 is 5.97 Å². The zero-order valence-electron chi connectivity index (χ0n) is 6.98. The number of cyclic esters (lactones) is 1. The molecule has 2 rings (SSSR count). The molecule has 1 aromatic rings. The molecule has 0 N–H and O–H groups in total. The zero-order chi connectivity index (χ0) is 9.26. The maximum atomic E-state index is 11.1. The van der Waals surface area contributed by atoms with Gasteiger partial charge in [0.25, 0.3) is 0 Å². The molecular weight excluding hydrogens is 186 g/mol. The van der Waals surface area contributed by atoms with Gasteiger partial charge in [-0.05, 0) is 17.5 Å². The zero-order valence-corrected chi connectivity index (χ0v) is 7.80. The van der Waals surface area contributed by atoms with Gasteiger partial charge in [0.1, 0.15) is 0 Å². The van der Waals surface area contributed by atoms with Crippen LogP contribution >= 0.6 is 11.3 Å². The van der Waals surface area contributed by atoms with E-state index >= 15 is 0 Å². The lowest BCUT2D eigenvalue weighted by atomic mass is 10.3. The molecule has 0 saturated carbocycles. The van der Waals surface area contributed by atoms with E-state index in [1.54, 1.807) is 24.3 Å². The smallest absolute Gasteiger partial charge is 0.363 e. The Labute approximate surface area is 79.4 Å². The molecule has 0 fully saturated rings. The van der Waals surface area contributed by atoms with Gasteiger partial charge in [-0.3, -0.25) is 0 Å². The topological polar surface area (TPSA) is 38.7 Å². The van der Waals surface area contributed by atoms with Crippen LogP contribution in [-0.4, -0.2) is 11.9 Å². The Bertz CT molecular complexity index is 390. The predicted octanol–water partition coefficient (Wildman–Crippen LogP) is 2.06. The van der Waals surface area contributed by atoms with E-state index in [1.807, 2.05) is 17.5 Å². The maximum Gasteiger partial charge on any atom is 0.363 e. The van der Waals surface area contributed by atoms with Gasteiger partial charge in [-0.2, -0.15) is 0 Å². The van der Waals surface area contributed by atoms with Gasteiger partial charge in [0.05, 0.1) is 0 Å². The van der Waals surface area contributed by atoms with E-state index in [0.29, 0.717) is 11.6 Å². The SMILES string of the molecule is CC1=N/C(=C\c2cccs2)C(=O)O1. The number of thiophene rings is 1. The molecule has 0 bridgehead atoms. The highest BCUT2D eigenvalue weighted by molar-refractivity contribution is 7.10. The van der Waals surface area contributed by atoms with Gasteiger partial charge in [-0.15, -0.1) is 11.3 Å². The molecule has 66 valence electrons. The van der Waals surface area contributed by atoms with Crippen LogP contribution in [0.15, 0.2) is 28.2 Å². The number of carbonyl (C=O) groups is 1. The maximum absolute atomic E-state index is 11.1. The number of rotatable bonds is 1. The van der Waals surface area contributed by atoms with Crippen LogP contribution in [0, 0.1) is 0 Å². The molecule has 0 unspecified atom stereocenters. The van der Waals surface area contributed by atoms with E-state index in [-0.39, 0.29) is 5.97 Å². The van der Waals surface area contributed by atoms with E-state index in [2.05, 4.69) is 4.99 Å². The van der Waals surface area contributed by atoms with E-state index < -0.39 is 0 Å². The Morgan fingerprint density at radius 3 is 3.00 bits per heavy atom. The monoisotopic (exact) mass is 193 g/mol. The fourth-order valence-electron chi connectivity index (χ4n) is 1.02. The molecule has 0 aromatic carbocycles. The molecule has 2 heterocycles. The van der Waals surface area contributed by atoms with Crippen LogP contribution in [0.2, 0.25) is 0 Å². The third-order valence-electron chi connectivity index (χ3n) is 1.55. The Morgan fingerprint density at radius 2 is 2.46 bits per heavy atom. The number of ether oxygens (including phenoxy) is 1. The third-order valence-corrected chi connectivity index (χ3v) is 2.37. The lowest BCUT2D eigenvalue weighted by Crippen LogP contribution is -1.99. The fourth-order valence-corrected chi connectivity index (χ4v) is 1.67. The minimum Gasteiger partial charge on any atom is -0.407 e. The minimum atomic E-state index is -0.370. The van der Waals surface area contributed by atoms with Crippen LogP contribution in [-0.2, 0) is 9.53 Å². The molecule has 1 aromatic heterocycles. The minimum absolute atomic E-state index is 0.370. The molecule has 1 aliphatic rings. The number of hydrogen-bond acceptors (Lipinski definition) is 4. The van der Waals surface area contributed by atoms with Crippen LogP contribution in [0.25, 0.3) is 6.08 Å². The van der Waals surface area contributed by atoms with Crippen molar-refractivity contribution in [2.24, 2.45) is 4.99 Å². The normalized spacial score (nSPS) is 19.0. The molecule has 3 nitrogen and oxygen atoms in total. The molecule has 0 amide bonds. The summed E-state index contributed by atoms with van der Waals surface area (Å²) >= 11 is 1.56. The molecule has 0 spiro atoms. The van der Waals surface area contributed by atoms with Crippen molar-refractivity contribution < 1.29 is 9.53 Å². The first-order valence-electron chi connectivity index (χ1n) is 3.78. The molecule has 4 heteroatoms. The quantitative estimate of drug-likeness (QED) is 0.506. The summed E-state index contributed by atoms with van der Waals surface area (Å²) in [4.78, 5) is 16.1. The number of esters is 1. The lowest BCUT2D eigenvalue weighted by Gasteiger charge is -1.88. The number of carbonyl (C=O) groups excluding carboxylic acids is 1. The summed E-state index contributed by atoms with van der Waals surface area (Å²) in [6.45, 7) is 1.66. The van der Waals surface area contributed by atoms with Crippen molar-refractivity contribution in [2.75, 3.05) is 0 Å². The van der Waals surface area contributed by atoms with Crippen molar-refractivity contribution >= 4 is 29.3 Å². The Hall–Kier alpha value is -1.42. The lowest BCUT2D eigenvalue weighted by molar-refractivity contribution is -0.130. The van der Waals surface area contributed by atoms with Crippen LogP contribution in [0.1, 0.15) is 11.8 Å². The van der Waals surface area contributed by atoms with Gasteiger partial charge in [-0.25, -0.2) is 9.79 Å². The first-order chi connectivity index (χ1) is 6.25. The van der Waals surface area contributed by atoms with Gasteiger partial charge in [0.15, 0.2) is 11.6 Å². The average Bonchev–Trinajstić information content (AvgIpc) is 2.63. The number of nitrogens with zero attached hydrogens (tertiary/aromatic N) is 1. The molecule has 13 heavy (non-hydrogen) atoms. The average molecular weight is 193 g/mol. The van der Waals surface area contributed by atoms with Crippen molar-refractivity contribution in [3.05, 3.63) is 28.1 Å². The van der Waals surface area contributed by atoms with Gasteiger partial charge in [-0.1, -0.05) is 6.07 Å². The number of aliphatic imine (C=N–C) groups is 1. The van der Waals surface area contributed by atoms with Crippen molar-refractivity contribution in [1.82, 2.24) is 0 Å². The highest BCUT2D eigenvalue weighted by Crippen LogP contribution is 2.18. The first-order valence-corrected chi connectivity index (χ1v) is 4.66. The highest BCUT2D eigenvalue weighted by atomic mass is 32.1. The molecular formula is C9H7NO2S. The summed E-state index contributed by atoms with van der Waals surface area (Å²) in [5.41, 5.74) is 0.375. The van der Waals surface area contributed by atoms with Crippen molar-refractivity contribution in [3.63, 3.8) is 0 Å². The Kier molecular flexibility index (Phi) is 1.98. The van der Waals surface area contributed by atoms with Crippen molar-refractivity contribution in [3.8, 4) is 0 Å². The molecule has 0 saturated heterocycles. The fraction of sp³-hybridized carbons (Fsp3) is 0.111. The van der Waals surface area contributed by atoms with E-state index in [9.17, 15) is 4.79 Å². The van der Waals surface area contributed by atoms with Crippen LogP contribution in [0.3, 0.4) is 0 Å². The van der Waals surface area contributed by atoms with Crippen LogP contribution < -0.4 is 0 Å². The van der Waals surface area contributed by atoms with Crippen molar-refractivity contribution in [1.29, 1.82) is 0 Å². The van der Waals surface area contributed by atoms with E-state index in [1.165, 1.54) is 0 Å². The van der Waals surface area contributed by atoms with E-state index in [4.69, 9.17) is 4.74 Å². The van der Waals surface area contributed by atoms with Crippen molar-refractivity contribution in [2.45, 2.75) is 6.92 Å². The second-order valence-electron chi connectivity index (χ2n) is 2.57. The van der Waals surface area contributed by atoms with Gasteiger partial charge < -0.3 is 4.74 Å². The number of hydrogen-bond donors (Lipinski definition) is 0. The standard InChI is InChI=1S/C9H7NO2S/c1-6-10-8(9(11)12-6)5-7-3-2-4-13-7/h2-5H,1H3/b8-5-. The summed E-state index contributed by atoms with van der Waals surface area (Å²) < 4.78 is 4.77. The van der Waals surface area contributed by atoms with Crippen LogP contribution in [0.5, 0.6) is 0 Å². The second kappa shape index (κ2) is 3.14. The van der Waals surface area contributed by atoms with E-state index in [0.717, 1.165) is 4.88 Å². The summed E-state index contributed by atoms with van der Waals surface area (Å²) in [5.74, 6) is 0.0405. The molecule has 0 aliphatic carbocycles. The van der Waals surface area contributed by atoms with Gasteiger partial charge in [0, 0.05) is 11.8 Å². The third kappa shape index (κ3) is 1.67. The summed E-state index contributed by atoms with van der Waals surface area (Å²) in [5, 5.41) is 1.95. The second-order valence-corrected chi connectivity index (χ2v) is 3.54. The first kappa shape index (κ1) is 8.19. The summed E-state index contributed by atoms with van der Waals surface area (Å²) in [7, 11) is 0. The highest BCUT2D eigenvalue weighted by Gasteiger charge is 2.19. The largest absolute Gasteiger partial charge is 0.407 e. The Morgan fingerprint density at radius 1 is 1.62 bits per heavy atom. The summed E-state index contributed by atoms with van der Waals surface area (Å²) in [6, 6.07) is 3.85.